The van der Waals surface area contributed by atoms with Crippen LogP contribution in [0.5, 0.6) is 5.75 Å². The molecule has 0 aliphatic heterocycles. The number of carbonyl (C=O) groups excluding carboxylic acids is 1. The van der Waals surface area contributed by atoms with E-state index in [1.807, 2.05) is 0 Å². The summed E-state index contributed by atoms with van der Waals surface area (Å²) in [5, 5.41) is 9.34. The SMILES string of the molecule is C=CC(F)CCOC(=O)c1ccccc1O. The minimum absolute atomic E-state index is 0.0413. The van der Waals surface area contributed by atoms with Gasteiger partial charge in [0, 0.05) is 6.42 Å². The van der Waals surface area contributed by atoms with Gasteiger partial charge in [-0.3, -0.25) is 0 Å². The second-order valence-electron chi connectivity index (χ2n) is 3.19. The molecule has 0 amide bonds. The molecule has 0 spiro atoms. The van der Waals surface area contributed by atoms with E-state index in [9.17, 15) is 14.3 Å². The van der Waals surface area contributed by atoms with Crippen molar-refractivity contribution >= 4 is 5.97 Å². The lowest BCUT2D eigenvalue weighted by Crippen LogP contribution is -2.09. The molecular formula is C12H13FO3. The molecule has 0 aliphatic carbocycles. The number of phenols is 1. The smallest absolute Gasteiger partial charge is 0.341 e. The number of carbonyl (C=O) groups is 1. The fourth-order valence-corrected chi connectivity index (χ4v) is 1.11. The third kappa shape index (κ3) is 3.38. The molecule has 1 unspecified atom stereocenters. The molecule has 0 saturated carbocycles. The van der Waals surface area contributed by atoms with Crippen molar-refractivity contribution in [3.8, 4) is 5.75 Å². The zero-order valence-electron chi connectivity index (χ0n) is 8.73. The van der Waals surface area contributed by atoms with Crippen molar-refractivity contribution in [3.63, 3.8) is 0 Å². The van der Waals surface area contributed by atoms with E-state index in [-0.39, 0.29) is 24.3 Å². The number of phenolic OH excluding ortho intramolecular Hbond substituents is 1. The molecule has 4 heteroatoms. The van der Waals surface area contributed by atoms with Crippen molar-refractivity contribution in [2.24, 2.45) is 0 Å². The predicted octanol–water partition coefficient (Wildman–Crippen LogP) is 2.46. The average Bonchev–Trinajstić information content (AvgIpc) is 2.29. The number of para-hydroxylation sites is 1. The quantitative estimate of drug-likeness (QED) is 0.617. The number of ether oxygens (including phenoxy) is 1. The van der Waals surface area contributed by atoms with E-state index in [2.05, 4.69) is 6.58 Å². The van der Waals surface area contributed by atoms with Gasteiger partial charge in [-0.05, 0) is 12.1 Å². The molecule has 0 fully saturated rings. The van der Waals surface area contributed by atoms with E-state index < -0.39 is 12.1 Å². The maximum absolute atomic E-state index is 12.7. The standard InChI is InChI=1S/C12H13FO3/c1-2-9(13)7-8-16-12(15)10-5-3-4-6-11(10)14/h2-6,9,14H,1,7-8H2. The molecule has 1 atom stereocenters. The molecule has 16 heavy (non-hydrogen) atoms. The molecule has 0 radical (unpaired) electrons. The molecule has 0 aliphatic rings. The Kier molecular flexibility index (Phi) is 4.51. The van der Waals surface area contributed by atoms with E-state index >= 15 is 0 Å². The molecule has 0 saturated heterocycles. The van der Waals surface area contributed by atoms with Crippen LogP contribution in [0.1, 0.15) is 16.8 Å². The highest BCUT2D eigenvalue weighted by atomic mass is 19.1. The molecule has 0 heterocycles. The highest BCUT2D eigenvalue weighted by molar-refractivity contribution is 5.92. The summed E-state index contributed by atoms with van der Waals surface area (Å²) in [6.07, 6.45) is 0.0357. The van der Waals surface area contributed by atoms with Crippen LogP contribution in [0.25, 0.3) is 0 Å². The van der Waals surface area contributed by atoms with E-state index in [1.54, 1.807) is 12.1 Å². The second-order valence-corrected chi connectivity index (χ2v) is 3.19. The molecule has 86 valence electrons. The van der Waals surface area contributed by atoms with Gasteiger partial charge < -0.3 is 9.84 Å². The number of esters is 1. The van der Waals surface area contributed by atoms with E-state index in [0.29, 0.717) is 0 Å². The summed E-state index contributed by atoms with van der Waals surface area (Å²) >= 11 is 0. The molecule has 3 nitrogen and oxygen atoms in total. The number of aromatic hydroxyl groups is 1. The van der Waals surface area contributed by atoms with Gasteiger partial charge in [-0.15, -0.1) is 6.58 Å². The minimum Gasteiger partial charge on any atom is -0.507 e. The van der Waals surface area contributed by atoms with Crippen LogP contribution >= 0.6 is 0 Å². The number of rotatable bonds is 5. The Morgan fingerprint density at radius 2 is 2.25 bits per heavy atom. The summed E-state index contributed by atoms with van der Waals surface area (Å²) in [6, 6.07) is 6.04. The Hall–Kier alpha value is -1.84. The van der Waals surface area contributed by atoms with E-state index in [0.717, 1.165) is 6.08 Å². The highest BCUT2D eigenvalue weighted by Gasteiger charge is 2.12. The summed E-state index contributed by atoms with van der Waals surface area (Å²) in [5.41, 5.74) is 0.0801. The zero-order valence-corrected chi connectivity index (χ0v) is 8.73. The summed E-state index contributed by atoms with van der Waals surface area (Å²) < 4.78 is 17.5. The number of benzene rings is 1. The Bertz CT molecular complexity index is 376. The topological polar surface area (TPSA) is 46.5 Å². The molecule has 1 aromatic rings. The minimum atomic E-state index is -1.18. The summed E-state index contributed by atoms with van der Waals surface area (Å²) in [7, 11) is 0. The van der Waals surface area contributed by atoms with Crippen molar-refractivity contribution < 1.29 is 19.0 Å². The Balaban J connectivity index is 2.47. The number of halogens is 1. The predicted molar refractivity (Wildman–Crippen MR) is 58.1 cm³/mol. The van der Waals surface area contributed by atoms with Gasteiger partial charge in [0.15, 0.2) is 0 Å². The van der Waals surface area contributed by atoms with Crippen LogP contribution in [-0.2, 0) is 4.74 Å². The highest BCUT2D eigenvalue weighted by Crippen LogP contribution is 2.16. The largest absolute Gasteiger partial charge is 0.507 e. The van der Waals surface area contributed by atoms with Gasteiger partial charge in [0.25, 0.3) is 0 Å². The molecular weight excluding hydrogens is 211 g/mol. The first-order valence-corrected chi connectivity index (χ1v) is 4.87. The maximum atomic E-state index is 12.7. The fourth-order valence-electron chi connectivity index (χ4n) is 1.11. The molecule has 1 N–H and O–H groups in total. The lowest BCUT2D eigenvalue weighted by atomic mass is 10.2. The number of hydrogen-bond donors (Lipinski definition) is 1. The molecule has 1 rings (SSSR count). The third-order valence-electron chi connectivity index (χ3n) is 2.01. The molecule has 1 aromatic carbocycles. The number of alkyl halides is 1. The Labute approximate surface area is 93.2 Å². The van der Waals surface area contributed by atoms with Crippen LogP contribution < -0.4 is 0 Å². The van der Waals surface area contributed by atoms with Gasteiger partial charge in [0.2, 0.25) is 0 Å². The van der Waals surface area contributed by atoms with Crippen molar-refractivity contribution in [2.45, 2.75) is 12.6 Å². The lowest BCUT2D eigenvalue weighted by molar-refractivity contribution is 0.0480. The first-order chi connectivity index (χ1) is 7.65. The van der Waals surface area contributed by atoms with Crippen LogP contribution in [0.15, 0.2) is 36.9 Å². The van der Waals surface area contributed by atoms with Crippen LogP contribution in [0, 0.1) is 0 Å². The average molecular weight is 224 g/mol. The van der Waals surface area contributed by atoms with Crippen LogP contribution in [-0.4, -0.2) is 23.9 Å². The van der Waals surface area contributed by atoms with Gasteiger partial charge in [-0.2, -0.15) is 0 Å². The Morgan fingerprint density at radius 3 is 2.88 bits per heavy atom. The van der Waals surface area contributed by atoms with Crippen LogP contribution in [0.4, 0.5) is 4.39 Å². The van der Waals surface area contributed by atoms with Gasteiger partial charge >= 0.3 is 5.97 Å². The van der Waals surface area contributed by atoms with Crippen LogP contribution in [0.3, 0.4) is 0 Å². The van der Waals surface area contributed by atoms with Crippen molar-refractivity contribution in [3.05, 3.63) is 42.5 Å². The monoisotopic (exact) mass is 224 g/mol. The summed E-state index contributed by atoms with van der Waals surface area (Å²) in [5.74, 6) is -0.803. The van der Waals surface area contributed by atoms with Gasteiger partial charge in [0.05, 0.1) is 6.61 Å². The lowest BCUT2D eigenvalue weighted by Gasteiger charge is -2.06. The first-order valence-electron chi connectivity index (χ1n) is 4.87. The normalized spacial score (nSPS) is 11.8. The van der Waals surface area contributed by atoms with Gasteiger partial charge in [-0.25, -0.2) is 9.18 Å². The molecule has 0 bridgehead atoms. The van der Waals surface area contributed by atoms with Crippen molar-refractivity contribution in [1.29, 1.82) is 0 Å². The van der Waals surface area contributed by atoms with Crippen molar-refractivity contribution in [1.82, 2.24) is 0 Å². The van der Waals surface area contributed by atoms with E-state index in [1.165, 1.54) is 12.1 Å². The van der Waals surface area contributed by atoms with E-state index in [4.69, 9.17) is 4.74 Å². The number of allylic oxidation sites excluding steroid dienone is 1. The third-order valence-corrected chi connectivity index (χ3v) is 2.01. The van der Waals surface area contributed by atoms with Crippen molar-refractivity contribution in [2.75, 3.05) is 6.61 Å². The second kappa shape index (κ2) is 5.90. The summed E-state index contributed by atoms with van der Waals surface area (Å²) in [4.78, 5) is 11.4. The zero-order chi connectivity index (χ0) is 12.0. The number of hydrogen-bond acceptors (Lipinski definition) is 3. The summed E-state index contributed by atoms with van der Waals surface area (Å²) in [6.45, 7) is 3.23. The molecule has 0 aromatic heterocycles. The van der Waals surface area contributed by atoms with Crippen LogP contribution in [0.2, 0.25) is 0 Å². The van der Waals surface area contributed by atoms with Gasteiger partial charge in [-0.1, -0.05) is 18.2 Å². The maximum Gasteiger partial charge on any atom is 0.341 e. The Morgan fingerprint density at radius 1 is 1.56 bits per heavy atom. The van der Waals surface area contributed by atoms with Gasteiger partial charge in [0.1, 0.15) is 17.5 Å². The first kappa shape index (κ1) is 12.2. The fraction of sp³-hybridized carbons (Fsp3) is 0.250.